The number of nitro groups is 1. The lowest BCUT2D eigenvalue weighted by Gasteiger charge is -2.12. The number of nitrogens with one attached hydrogen (secondary N) is 1. The minimum atomic E-state index is -0.520. The third kappa shape index (κ3) is 2.65. The molecule has 5 heteroatoms. The first-order valence-electron chi connectivity index (χ1n) is 4.75. The number of terminal acetylenes is 1. The fourth-order valence-electron chi connectivity index (χ4n) is 1.27. The molecule has 0 amide bonds. The zero-order valence-electron chi connectivity index (χ0n) is 8.74. The Kier molecular flexibility index (Phi) is 4.15. The predicted octanol–water partition coefficient (Wildman–Crippen LogP) is 3.07. The Hall–Kier alpha value is -1.73. The smallest absolute Gasteiger partial charge is 0.310 e. The van der Waals surface area contributed by atoms with Crippen molar-refractivity contribution in [2.24, 2.45) is 0 Å². The van der Waals surface area contributed by atoms with Crippen molar-refractivity contribution in [2.45, 2.75) is 19.4 Å². The Balaban J connectivity index is 3.09. The summed E-state index contributed by atoms with van der Waals surface area (Å²) in [6.45, 7) is 1.90. The van der Waals surface area contributed by atoms with Gasteiger partial charge in [0.2, 0.25) is 0 Å². The van der Waals surface area contributed by atoms with Crippen LogP contribution in [0.4, 0.5) is 11.4 Å². The number of benzene rings is 1. The molecule has 1 unspecified atom stereocenters. The van der Waals surface area contributed by atoms with E-state index in [-0.39, 0.29) is 16.8 Å². The molecule has 0 spiro atoms. The van der Waals surface area contributed by atoms with Crippen LogP contribution >= 0.6 is 11.6 Å². The summed E-state index contributed by atoms with van der Waals surface area (Å²) in [5.41, 5.74) is 0.208. The lowest BCUT2D eigenvalue weighted by molar-refractivity contribution is -0.383. The number of hydrogen-bond acceptors (Lipinski definition) is 3. The van der Waals surface area contributed by atoms with E-state index in [1.807, 2.05) is 6.92 Å². The molecule has 0 aliphatic heterocycles. The molecular weight excluding hydrogens is 228 g/mol. The molecule has 0 fully saturated rings. The average Bonchev–Trinajstić information content (AvgIpc) is 2.25. The molecule has 1 aromatic rings. The Morgan fingerprint density at radius 3 is 2.88 bits per heavy atom. The van der Waals surface area contributed by atoms with Crippen LogP contribution in [0, 0.1) is 22.5 Å². The molecule has 0 bridgehead atoms. The molecule has 0 saturated carbocycles. The minimum Gasteiger partial charge on any atom is -0.366 e. The molecule has 84 valence electrons. The van der Waals surface area contributed by atoms with E-state index >= 15 is 0 Å². The third-order valence-electron chi connectivity index (χ3n) is 2.11. The summed E-state index contributed by atoms with van der Waals surface area (Å²) in [5.74, 6) is 2.51. The summed E-state index contributed by atoms with van der Waals surface area (Å²) < 4.78 is 0. The zero-order chi connectivity index (χ0) is 12.1. The van der Waals surface area contributed by atoms with Gasteiger partial charge in [-0.1, -0.05) is 30.5 Å². The van der Waals surface area contributed by atoms with E-state index in [1.54, 1.807) is 12.1 Å². The summed E-state index contributed by atoms with van der Waals surface area (Å²) in [6, 6.07) is 4.46. The maximum absolute atomic E-state index is 10.8. The van der Waals surface area contributed by atoms with Gasteiger partial charge in [0.05, 0.1) is 11.0 Å². The first-order valence-corrected chi connectivity index (χ1v) is 5.13. The highest BCUT2D eigenvalue weighted by Gasteiger charge is 2.19. The van der Waals surface area contributed by atoms with Gasteiger partial charge in [-0.15, -0.1) is 6.42 Å². The normalized spacial score (nSPS) is 11.6. The summed E-state index contributed by atoms with van der Waals surface area (Å²) in [7, 11) is 0. The molecule has 0 heterocycles. The van der Waals surface area contributed by atoms with Gasteiger partial charge in [-0.2, -0.15) is 0 Å². The van der Waals surface area contributed by atoms with Crippen LogP contribution in [0.3, 0.4) is 0 Å². The highest BCUT2D eigenvalue weighted by molar-refractivity contribution is 6.33. The van der Waals surface area contributed by atoms with Gasteiger partial charge < -0.3 is 5.32 Å². The second-order valence-electron chi connectivity index (χ2n) is 3.16. The van der Waals surface area contributed by atoms with Gasteiger partial charge in [-0.25, -0.2) is 0 Å². The van der Waals surface area contributed by atoms with E-state index in [0.29, 0.717) is 12.1 Å². The van der Waals surface area contributed by atoms with Gasteiger partial charge in [0.15, 0.2) is 0 Å². The van der Waals surface area contributed by atoms with Crippen LogP contribution in [0.1, 0.15) is 13.3 Å². The quantitative estimate of drug-likeness (QED) is 0.498. The van der Waals surface area contributed by atoms with Crippen molar-refractivity contribution in [2.75, 3.05) is 5.32 Å². The highest BCUT2D eigenvalue weighted by Crippen LogP contribution is 2.32. The van der Waals surface area contributed by atoms with Crippen LogP contribution in [0.25, 0.3) is 0 Å². The van der Waals surface area contributed by atoms with Crippen LogP contribution in [-0.2, 0) is 0 Å². The highest BCUT2D eigenvalue weighted by atomic mass is 35.5. The van der Waals surface area contributed by atoms with Crippen LogP contribution in [-0.4, -0.2) is 11.0 Å². The van der Waals surface area contributed by atoms with Crippen molar-refractivity contribution in [3.8, 4) is 12.3 Å². The molecule has 1 rings (SSSR count). The van der Waals surface area contributed by atoms with E-state index < -0.39 is 4.92 Å². The van der Waals surface area contributed by atoms with Gasteiger partial charge >= 0.3 is 5.69 Å². The third-order valence-corrected chi connectivity index (χ3v) is 2.41. The Morgan fingerprint density at radius 2 is 2.38 bits per heavy atom. The van der Waals surface area contributed by atoms with E-state index in [9.17, 15) is 10.1 Å². The van der Waals surface area contributed by atoms with Gasteiger partial charge in [0, 0.05) is 0 Å². The van der Waals surface area contributed by atoms with Gasteiger partial charge in [-0.05, 0) is 18.6 Å². The molecule has 0 saturated heterocycles. The van der Waals surface area contributed by atoms with E-state index in [2.05, 4.69) is 11.2 Å². The fraction of sp³-hybridized carbons (Fsp3) is 0.273. The zero-order valence-corrected chi connectivity index (χ0v) is 9.49. The monoisotopic (exact) mass is 238 g/mol. The van der Waals surface area contributed by atoms with Crippen molar-refractivity contribution in [3.63, 3.8) is 0 Å². The summed E-state index contributed by atoms with van der Waals surface area (Å²) >= 11 is 5.76. The van der Waals surface area contributed by atoms with Crippen molar-refractivity contribution in [3.05, 3.63) is 33.3 Å². The fourth-order valence-corrected chi connectivity index (χ4v) is 1.51. The van der Waals surface area contributed by atoms with E-state index in [0.717, 1.165) is 0 Å². The topological polar surface area (TPSA) is 55.2 Å². The van der Waals surface area contributed by atoms with Gasteiger partial charge in [0.1, 0.15) is 10.7 Å². The molecule has 0 aliphatic rings. The maximum atomic E-state index is 10.8. The Bertz CT molecular complexity index is 440. The standard InChI is InChI=1S/C11H11ClN2O2/c1-3-8(4-2)13-10-7-5-6-9(12)11(10)14(15)16/h1,5-8,13H,4H2,2H3. The molecule has 0 aliphatic carbocycles. The molecule has 4 nitrogen and oxygen atoms in total. The number of anilines is 1. The number of nitro benzene ring substituents is 1. The molecule has 1 aromatic carbocycles. The number of halogens is 1. The molecule has 0 aromatic heterocycles. The van der Waals surface area contributed by atoms with Crippen molar-refractivity contribution < 1.29 is 4.92 Å². The van der Waals surface area contributed by atoms with Crippen LogP contribution < -0.4 is 5.32 Å². The van der Waals surface area contributed by atoms with Crippen LogP contribution in [0.15, 0.2) is 18.2 Å². The van der Waals surface area contributed by atoms with Crippen LogP contribution in [0.2, 0.25) is 5.02 Å². The Labute approximate surface area is 98.8 Å². The van der Waals surface area contributed by atoms with Gasteiger partial charge in [0.25, 0.3) is 0 Å². The molecule has 0 radical (unpaired) electrons. The minimum absolute atomic E-state index is 0.0990. The van der Waals surface area contributed by atoms with Crippen molar-refractivity contribution >= 4 is 23.0 Å². The summed E-state index contributed by atoms with van der Waals surface area (Å²) in [6.07, 6.45) is 5.96. The van der Waals surface area contributed by atoms with E-state index in [4.69, 9.17) is 18.0 Å². The SMILES string of the molecule is C#CC(CC)Nc1cccc(Cl)c1[N+](=O)[O-]. The number of nitrogens with zero attached hydrogens (tertiary/aromatic N) is 1. The lowest BCUT2D eigenvalue weighted by atomic mass is 10.2. The number of rotatable bonds is 4. The second-order valence-corrected chi connectivity index (χ2v) is 3.57. The van der Waals surface area contributed by atoms with Crippen molar-refractivity contribution in [1.29, 1.82) is 0 Å². The number of hydrogen-bond donors (Lipinski definition) is 1. The first-order chi connectivity index (χ1) is 7.60. The molecule has 1 atom stereocenters. The predicted molar refractivity (Wildman–Crippen MR) is 64.6 cm³/mol. The summed E-state index contributed by atoms with van der Waals surface area (Å²) in [4.78, 5) is 10.3. The van der Waals surface area contributed by atoms with Crippen molar-refractivity contribution in [1.82, 2.24) is 0 Å². The largest absolute Gasteiger partial charge is 0.366 e. The average molecular weight is 239 g/mol. The Morgan fingerprint density at radius 1 is 1.69 bits per heavy atom. The van der Waals surface area contributed by atoms with Crippen LogP contribution in [0.5, 0.6) is 0 Å². The second kappa shape index (κ2) is 5.38. The molecule has 16 heavy (non-hydrogen) atoms. The lowest BCUT2D eigenvalue weighted by Crippen LogP contribution is -2.16. The molecule has 1 N–H and O–H groups in total. The van der Waals surface area contributed by atoms with E-state index in [1.165, 1.54) is 6.07 Å². The summed E-state index contributed by atoms with van der Waals surface area (Å²) in [5, 5.41) is 13.8. The first kappa shape index (κ1) is 12.3. The number of para-hydroxylation sites is 1. The van der Waals surface area contributed by atoms with Gasteiger partial charge in [-0.3, -0.25) is 10.1 Å². The molecular formula is C11H11ClN2O2. The maximum Gasteiger partial charge on any atom is 0.310 e.